The van der Waals surface area contributed by atoms with E-state index >= 15 is 0 Å². The van der Waals surface area contributed by atoms with Gasteiger partial charge in [0, 0.05) is 19.6 Å². The Morgan fingerprint density at radius 1 is 1.24 bits per heavy atom. The number of hydrazine groups is 1. The van der Waals surface area contributed by atoms with E-state index in [1.807, 2.05) is 6.92 Å². The Morgan fingerprint density at radius 2 is 2.00 bits per heavy atom. The van der Waals surface area contributed by atoms with Gasteiger partial charge in [0.25, 0.3) is 0 Å². The highest BCUT2D eigenvalue weighted by Gasteiger charge is 2.02. The Morgan fingerprint density at radius 3 is 2.59 bits per heavy atom. The summed E-state index contributed by atoms with van der Waals surface area (Å²) in [7, 11) is 0. The van der Waals surface area contributed by atoms with Crippen molar-refractivity contribution in [2.75, 3.05) is 32.8 Å². The van der Waals surface area contributed by atoms with Gasteiger partial charge in [0.15, 0.2) is 0 Å². The van der Waals surface area contributed by atoms with Gasteiger partial charge in [-0.3, -0.25) is 10.2 Å². The molecule has 1 amide bonds. The van der Waals surface area contributed by atoms with Gasteiger partial charge in [0.1, 0.15) is 0 Å². The van der Waals surface area contributed by atoms with Crippen molar-refractivity contribution in [1.29, 1.82) is 0 Å². The van der Waals surface area contributed by atoms with Crippen LogP contribution in [0, 0.1) is 0 Å². The fraction of sp³-hybridized carbons (Fsp3) is 0.917. The van der Waals surface area contributed by atoms with Crippen LogP contribution >= 0.6 is 0 Å². The monoisotopic (exact) mass is 245 g/mol. The summed E-state index contributed by atoms with van der Waals surface area (Å²) < 4.78 is 5.33. The largest absolute Gasteiger partial charge is 0.380 e. The molecular weight excluding hydrogens is 218 g/mol. The van der Waals surface area contributed by atoms with Crippen LogP contribution < -0.4 is 11.3 Å². The van der Waals surface area contributed by atoms with Crippen molar-refractivity contribution >= 4 is 5.91 Å². The van der Waals surface area contributed by atoms with Crippen molar-refractivity contribution in [3.05, 3.63) is 0 Å². The van der Waals surface area contributed by atoms with Gasteiger partial charge in [0.05, 0.1) is 6.61 Å². The number of amides is 1. The summed E-state index contributed by atoms with van der Waals surface area (Å²) in [6.45, 7) is 8.88. The number of ether oxygens (including phenoxy) is 1. The fourth-order valence-corrected chi connectivity index (χ4v) is 1.64. The second kappa shape index (κ2) is 11.8. The van der Waals surface area contributed by atoms with Crippen LogP contribution in [0.15, 0.2) is 0 Å². The normalized spacial score (nSPS) is 10.8. The van der Waals surface area contributed by atoms with Crippen LogP contribution in [0.1, 0.15) is 39.5 Å². The molecule has 0 aromatic heterocycles. The molecule has 0 rings (SSSR count). The van der Waals surface area contributed by atoms with E-state index in [0.29, 0.717) is 6.42 Å². The molecule has 0 aliphatic heterocycles. The number of nitrogens with zero attached hydrogens (tertiary/aromatic N) is 1. The average Bonchev–Trinajstić information content (AvgIpc) is 2.36. The van der Waals surface area contributed by atoms with E-state index in [-0.39, 0.29) is 5.91 Å². The number of nitrogens with one attached hydrogen (secondary N) is 1. The minimum Gasteiger partial charge on any atom is -0.380 e. The molecule has 0 radical (unpaired) electrons. The smallest absolute Gasteiger partial charge is 0.233 e. The Bertz CT molecular complexity index is 189. The van der Waals surface area contributed by atoms with Gasteiger partial charge >= 0.3 is 0 Å². The van der Waals surface area contributed by atoms with E-state index in [1.165, 1.54) is 0 Å². The predicted molar refractivity (Wildman–Crippen MR) is 69.4 cm³/mol. The number of nitrogens with two attached hydrogens (primary N) is 1. The SMILES string of the molecule is CCOCCN(CC)CCCCCC(=O)NN. The van der Waals surface area contributed by atoms with Gasteiger partial charge in [0.2, 0.25) is 5.91 Å². The van der Waals surface area contributed by atoms with E-state index in [2.05, 4.69) is 17.2 Å². The minimum absolute atomic E-state index is 0.0753. The maximum absolute atomic E-state index is 10.9. The number of hydrogen-bond donors (Lipinski definition) is 2. The predicted octanol–water partition coefficient (Wildman–Crippen LogP) is 0.895. The first-order valence-electron chi connectivity index (χ1n) is 6.54. The highest BCUT2D eigenvalue weighted by molar-refractivity contribution is 5.74. The fourth-order valence-electron chi connectivity index (χ4n) is 1.64. The molecule has 0 atom stereocenters. The maximum atomic E-state index is 10.9. The number of unbranched alkanes of at least 4 members (excludes halogenated alkanes) is 2. The number of rotatable bonds is 11. The van der Waals surface area contributed by atoms with E-state index < -0.39 is 0 Å². The van der Waals surface area contributed by atoms with Crippen molar-refractivity contribution in [2.24, 2.45) is 5.84 Å². The Hall–Kier alpha value is -0.650. The quantitative estimate of drug-likeness (QED) is 0.245. The van der Waals surface area contributed by atoms with Crippen LogP contribution in [0.3, 0.4) is 0 Å². The molecule has 0 spiro atoms. The number of hydrogen-bond acceptors (Lipinski definition) is 4. The van der Waals surface area contributed by atoms with Crippen LogP contribution in [-0.2, 0) is 9.53 Å². The van der Waals surface area contributed by atoms with E-state index in [0.717, 1.165) is 52.1 Å². The summed E-state index contributed by atoms with van der Waals surface area (Å²) in [5, 5.41) is 0. The average molecular weight is 245 g/mol. The second-order valence-corrected chi connectivity index (χ2v) is 4.01. The second-order valence-electron chi connectivity index (χ2n) is 4.01. The molecule has 17 heavy (non-hydrogen) atoms. The Kier molecular flexibility index (Phi) is 11.4. The summed E-state index contributed by atoms with van der Waals surface area (Å²) in [5.41, 5.74) is 2.14. The Labute approximate surface area is 105 Å². The third kappa shape index (κ3) is 10.2. The summed E-state index contributed by atoms with van der Waals surface area (Å²) in [5.74, 6) is 4.93. The van der Waals surface area contributed by atoms with Crippen molar-refractivity contribution in [3.63, 3.8) is 0 Å². The molecule has 0 aromatic rings. The lowest BCUT2D eigenvalue weighted by Gasteiger charge is -2.19. The summed E-state index contributed by atoms with van der Waals surface area (Å²) >= 11 is 0. The molecule has 0 aromatic carbocycles. The third-order valence-corrected chi connectivity index (χ3v) is 2.74. The van der Waals surface area contributed by atoms with Gasteiger partial charge in [-0.15, -0.1) is 0 Å². The molecule has 5 nitrogen and oxygen atoms in total. The lowest BCUT2D eigenvalue weighted by atomic mass is 10.2. The molecular formula is C12H27N3O2. The maximum Gasteiger partial charge on any atom is 0.233 e. The minimum atomic E-state index is -0.0753. The highest BCUT2D eigenvalue weighted by atomic mass is 16.5. The zero-order valence-corrected chi connectivity index (χ0v) is 11.2. The van der Waals surface area contributed by atoms with Crippen molar-refractivity contribution in [3.8, 4) is 0 Å². The number of carbonyl (C=O) groups is 1. The first kappa shape index (κ1) is 16.4. The molecule has 0 aliphatic carbocycles. The van der Waals surface area contributed by atoms with E-state index in [4.69, 9.17) is 10.6 Å². The third-order valence-electron chi connectivity index (χ3n) is 2.74. The topological polar surface area (TPSA) is 67.6 Å². The zero-order chi connectivity index (χ0) is 12.9. The zero-order valence-electron chi connectivity index (χ0n) is 11.2. The van der Waals surface area contributed by atoms with Gasteiger partial charge < -0.3 is 9.64 Å². The first-order chi connectivity index (χ1) is 8.24. The molecule has 0 aliphatic rings. The molecule has 0 unspecified atom stereocenters. The lowest BCUT2D eigenvalue weighted by Crippen LogP contribution is -2.30. The molecule has 5 heteroatoms. The highest BCUT2D eigenvalue weighted by Crippen LogP contribution is 2.01. The van der Waals surface area contributed by atoms with Crippen LogP contribution in [0.25, 0.3) is 0 Å². The van der Waals surface area contributed by atoms with Crippen molar-refractivity contribution in [2.45, 2.75) is 39.5 Å². The molecule has 0 bridgehead atoms. The molecule has 3 N–H and O–H groups in total. The summed E-state index contributed by atoms with van der Waals surface area (Å²) in [6, 6.07) is 0. The molecule has 0 heterocycles. The summed E-state index contributed by atoms with van der Waals surface area (Å²) in [4.78, 5) is 13.3. The van der Waals surface area contributed by atoms with Crippen molar-refractivity contribution in [1.82, 2.24) is 10.3 Å². The van der Waals surface area contributed by atoms with Crippen LogP contribution in [0.4, 0.5) is 0 Å². The number of carbonyl (C=O) groups excluding carboxylic acids is 1. The molecule has 0 saturated heterocycles. The Balaban J connectivity index is 3.39. The van der Waals surface area contributed by atoms with Crippen LogP contribution in [0.2, 0.25) is 0 Å². The summed E-state index contributed by atoms with van der Waals surface area (Å²) in [6.07, 6.45) is 3.63. The number of likely N-dealkylation sites (N-methyl/N-ethyl adjacent to an activating group) is 1. The van der Waals surface area contributed by atoms with E-state index in [1.54, 1.807) is 0 Å². The first-order valence-corrected chi connectivity index (χ1v) is 6.54. The van der Waals surface area contributed by atoms with Crippen LogP contribution in [0.5, 0.6) is 0 Å². The van der Waals surface area contributed by atoms with Gasteiger partial charge in [-0.25, -0.2) is 5.84 Å². The molecule has 0 saturated carbocycles. The standard InChI is InChI=1S/C12H27N3O2/c1-3-15(10-11-17-4-2)9-7-5-6-8-12(16)14-13/h3-11,13H2,1-2H3,(H,14,16). The van der Waals surface area contributed by atoms with Crippen LogP contribution in [-0.4, -0.2) is 43.7 Å². The van der Waals surface area contributed by atoms with Gasteiger partial charge in [-0.2, -0.15) is 0 Å². The lowest BCUT2D eigenvalue weighted by molar-refractivity contribution is -0.121. The molecule has 0 fully saturated rings. The molecule has 102 valence electrons. The van der Waals surface area contributed by atoms with Gasteiger partial charge in [-0.1, -0.05) is 13.3 Å². The van der Waals surface area contributed by atoms with E-state index in [9.17, 15) is 4.79 Å². The van der Waals surface area contributed by atoms with Crippen molar-refractivity contribution < 1.29 is 9.53 Å². The van der Waals surface area contributed by atoms with Gasteiger partial charge in [-0.05, 0) is 32.9 Å².